The zero-order valence-electron chi connectivity index (χ0n) is 17.0. The van der Waals surface area contributed by atoms with Crippen molar-refractivity contribution in [3.05, 3.63) is 70.5 Å². The molecule has 3 heterocycles. The van der Waals surface area contributed by atoms with Gasteiger partial charge in [-0.2, -0.15) is 15.3 Å². The Morgan fingerprint density at radius 3 is 2.77 bits per heavy atom. The summed E-state index contributed by atoms with van der Waals surface area (Å²) >= 11 is 0. The van der Waals surface area contributed by atoms with E-state index in [0.717, 1.165) is 30.1 Å². The Morgan fingerprint density at radius 1 is 1.20 bits per heavy atom. The number of allylic oxidation sites excluding steroid dienone is 1. The number of azo groups is 1. The molecule has 8 nitrogen and oxygen atoms in total. The van der Waals surface area contributed by atoms with Crippen LogP contribution in [0.1, 0.15) is 35.2 Å². The van der Waals surface area contributed by atoms with Gasteiger partial charge >= 0.3 is 0 Å². The minimum Gasteiger partial charge on any atom is -0.316 e. The largest absolute Gasteiger partial charge is 0.316 e. The van der Waals surface area contributed by atoms with Crippen LogP contribution in [0.25, 0.3) is 0 Å². The molecule has 0 saturated carbocycles. The van der Waals surface area contributed by atoms with Gasteiger partial charge in [0.2, 0.25) is 0 Å². The van der Waals surface area contributed by atoms with Crippen molar-refractivity contribution in [2.75, 3.05) is 20.1 Å². The number of rotatable bonds is 4. The fourth-order valence-corrected chi connectivity index (χ4v) is 4.64. The van der Waals surface area contributed by atoms with Gasteiger partial charge in [-0.25, -0.2) is 4.98 Å². The molecule has 3 aliphatic rings. The number of benzene rings is 1. The van der Waals surface area contributed by atoms with Gasteiger partial charge in [0, 0.05) is 31.2 Å². The van der Waals surface area contributed by atoms with E-state index in [2.05, 4.69) is 49.9 Å². The van der Waals surface area contributed by atoms with Crippen LogP contribution in [-0.2, 0) is 18.4 Å². The van der Waals surface area contributed by atoms with E-state index in [1.807, 2.05) is 18.8 Å². The van der Waals surface area contributed by atoms with Crippen molar-refractivity contribution in [1.29, 1.82) is 0 Å². The number of aryl methyl sites for hydroxylation is 1. The maximum Gasteiger partial charge on any atom is 0.179 e. The van der Waals surface area contributed by atoms with Gasteiger partial charge < -0.3 is 5.32 Å². The Balaban J connectivity index is 1.67. The summed E-state index contributed by atoms with van der Waals surface area (Å²) < 4.78 is 1.81. The van der Waals surface area contributed by atoms with Crippen molar-refractivity contribution < 1.29 is 4.79 Å². The Labute approximate surface area is 174 Å². The SMILES string of the molecule is CNCc1ccc(C2CC3=C4C(=CC(=O)CN=C4C2c2ncnn2C)N=NC3)cc1. The van der Waals surface area contributed by atoms with E-state index in [1.165, 1.54) is 16.7 Å². The molecule has 5 rings (SSSR count). The molecule has 30 heavy (non-hydrogen) atoms. The Bertz CT molecular complexity index is 1120. The summed E-state index contributed by atoms with van der Waals surface area (Å²) in [5.74, 6) is 0.830. The second kappa shape index (κ2) is 7.53. The Hall–Kier alpha value is -3.26. The van der Waals surface area contributed by atoms with Gasteiger partial charge in [0.25, 0.3) is 0 Å². The quantitative estimate of drug-likeness (QED) is 0.851. The van der Waals surface area contributed by atoms with Crippen LogP contribution in [0.15, 0.2) is 68.7 Å². The zero-order chi connectivity index (χ0) is 20.7. The maximum absolute atomic E-state index is 12.3. The van der Waals surface area contributed by atoms with Crippen LogP contribution in [0.3, 0.4) is 0 Å². The number of hydrogen-bond acceptors (Lipinski definition) is 7. The topological polar surface area (TPSA) is 96.9 Å². The van der Waals surface area contributed by atoms with Gasteiger partial charge in [-0.05, 0) is 30.2 Å². The number of carbonyl (C=O) groups excluding carboxylic acids is 1. The average Bonchev–Trinajstić information content (AvgIpc) is 3.09. The van der Waals surface area contributed by atoms with Gasteiger partial charge in [0.1, 0.15) is 18.7 Å². The highest BCUT2D eigenvalue weighted by Crippen LogP contribution is 2.47. The van der Waals surface area contributed by atoms with E-state index in [-0.39, 0.29) is 24.2 Å². The zero-order valence-corrected chi connectivity index (χ0v) is 17.0. The first-order valence-corrected chi connectivity index (χ1v) is 10.1. The van der Waals surface area contributed by atoms with Gasteiger partial charge in [0.05, 0.1) is 23.9 Å². The third-order valence-corrected chi connectivity index (χ3v) is 5.99. The Morgan fingerprint density at radius 2 is 2.03 bits per heavy atom. The molecular weight excluding hydrogens is 378 g/mol. The van der Waals surface area contributed by atoms with Crippen molar-refractivity contribution in [1.82, 2.24) is 20.1 Å². The number of aromatic nitrogens is 3. The highest BCUT2D eigenvalue weighted by Gasteiger charge is 2.42. The fraction of sp³-hybridized carbons (Fsp3) is 0.364. The molecular formula is C22H23N7O. The smallest absolute Gasteiger partial charge is 0.179 e. The lowest BCUT2D eigenvalue weighted by Gasteiger charge is -2.36. The molecule has 0 bridgehead atoms. The molecule has 152 valence electrons. The molecule has 2 aliphatic heterocycles. The van der Waals surface area contributed by atoms with Crippen LogP contribution < -0.4 is 5.32 Å². The van der Waals surface area contributed by atoms with Crippen molar-refractivity contribution >= 4 is 11.5 Å². The normalized spacial score (nSPS) is 23.1. The van der Waals surface area contributed by atoms with Crippen LogP contribution >= 0.6 is 0 Å². The first-order chi connectivity index (χ1) is 14.7. The number of nitrogens with zero attached hydrogens (tertiary/aromatic N) is 6. The molecule has 0 amide bonds. The summed E-state index contributed by atoms with van der Waals surface area (Å²) in [6.45, 7) is 1.49. The number of aliphatic imine (C=N–C) groups is 1. The molecule has 0 radical (unpaired) electrons. The van der Waals surface area contributed by atoms with Crippen LogP contribution in [-0.4, -0.2) is 46.4 Å². The van der Waals surface area contributed by atoms with Crippen LogP contribution in [0.2, 0.25) is 0 Å². The summed E-state index contributed by atoms with van der Waals surface area (Å²) in [4.78, 5) is 21.6. The van der Waals surface area contributed by atoms with E-state index in [0.29, 0.717) is 12.2 Å². The molecule has 2 unspecified atom stereocenters. The number of hydrogen-bond donors (Lipinski definition) is 1. The van der Waals surface area contributed by atoms with Gasteiger partial charge in [0.15, 0.2) is 5.78 Å². The van der Waals surface area contributed by atoms with Crippen LogP contribution in [0.4, 0.5) is 0 Å². The summed E-state index contributed by atoms with van der Waals surface area (Å²) in [7, 11) is 3.85. The van der Waals surface area contributed by atoms with Crippen molar-refractivity contribution in [3.63, 3.8) is 0 Å². The third-order valence-electron chi connectivity index (χ3n) is 5.99. The van der Waals surface area contributed by atoms with E-state index in [4.69, 9.17) is 4.99 Å². The minimum absolute atomic E-state index is 0.0516. The molecule has 1 N–H and O–H groups in total. The molecule has 1 aromatic heterocycles. The molecule has 0 fully saturated rings. The highest BCUT2D eigenvalue weighted by molar-refractivity contribution is 6.13. The second-order valence-corrected chi connectivity index (χ2v) is 7.88. The van der Waals surface area contributed by atoms with E-state index in [1.54, 1.807) is 12.4 Å². The molecule has 1 aromatic carbocycles. The molecule has 2 aromatic rings. The van der Waals surface area contributed by atoms with Gasteiger partial charge in [-0.3, -0.25) is 14.5 Å². The lowest BCUT2D eigenvalue weighted by molar-refractivity contribution is -0.113. The second-order valence-electron chi connectivity index (χ2n) is 7.88. The fourth-order valence-electron chi connectivity index (χ4n) is 4.64. The molecule has 1 aliphatic carbocycles. The number of ketones is 1. The van der Waals surface area contributed by atoms with E-state index >= 15 is 0 Å². The molecule has 8 heteroatoms. The summed E-state index contributed by atoms with van der Waals surface area (Å²) in [5, 5.41) is 16.1. The predicted octanol–water partition coefficient (Wildman–Crippen LogP) is 2.48. The summed E-state index contributed by atoms with van der Waals surface area (Å²) in [5.41, 5.74) is 6.14. The molecule has 2 atom stereocenters. The third kappa shape index (κ3) is 3.13. The van der Waals surface area contributed by atoms with Crippen LogP contribution in [0, 0.1) is 0 Å². The standard InChI is InChI=1S/C22H23N7O/c1-23-9-13-3-5-14(6-4-13)17-7-15-10-26-28-18-8-16(30)11-24-21(19(15)18)20(17)22-25-12-27-29(22)2/h3-6,8,12,17,20,23H,7,9-11H2,1-2H3. The number of carbonyl (C=O) groups is 1. The van der Waals surface area contributed by atoms with Crippen molar-refractivity contribution in [2.24, 2.45) is 22.3 Å². The Kier molecular flexibility index (Phi) is 4.71. The summed E-state index contributed by atoms with van der Waals surface area (Å²) in [6.07, 6.45) is 3.98. The first-order valence-electron chi connectivity index (χ1n) is 10.1. The first kappa shape index (κ1) is 18.7. The average molecular weight is 401 g/mol. The predicted molar refractivity (Wildman–Crippen MR) is 112 cm³/mol. The lowest BCUT2D eigenvalue weighted by atomic mass is 9.70. The number of nitrogens with one attached hydrogen (secondary N) is 1. The highest BCUT2D eigenvalue weighted by atomic mass is 16.1. The van der Waals surface area contributed by atoms with Gasteiger partial charge in [-0.15, -0.1) is 0 Å². The van der Waals surface area contributed by atoms with Gasteiger partial charge in [-0.1, -0.05) is 24.3 Å². The molecule has 0 saturated heterocycles. The monoisotopic (exact) mass is 401 g/mol. The molecule has 0 spiro atoms. The van der Waals surface area contributed by atoms with Crippen molar-refractivity contribution in [3.8, 4) is 0 Å². The van der Waals surface area contributed by atoms with E-state index < -0.39 is 0 Å². The minimum atomic E-state index is -0.103. The van der Waals surface area contributed by atoms with Crippen LogP contribution in [0.5, 0.6) is 0 Å². The summed E-state index contributed by atoms with van der Waals surface area (Å²) in [6, 6.07) is 8.70. The lowest BCUT2D eigenvalue weighted by Crippen LogP contribution is -2.32. The van der Waals surface area contributed by atoms with E-state index in [9.17, 15) is 4.79 Å². The maximum atomic E-state index is 12.3. The van der Waals surface area contributed by atoms with Crippen molar-refractivity contribution in [2.45, 2.75) is 24.8 Å².